The number of aryl methyl sites for hydroxylation is 1. The predicted octanol–water partition coefficient (Wildman–Crippen LogP) is 1.00. The molecule has 1 aromatic heterocycles. The molecule has 2 aromatic rings. The first-order valence-electron chi connectivity index (χ1n) is 4.95. The van der Waals surface area contributed by atoms with Gasteiger partial charge in [0.2, 0.25) is 5.89 Å². The van der Waals surface area contributed by atoms with E-state index in [1.165, 1.54) is 12.1 Å². The monoisotopic (exact) mass is 281 g/mol. The fraction of sp³-hybridized carbons (Fsp3) is 0.100. The fourth-order valence-electron chi connectivity index (χ4n) is 1.30. The molecular formula is C10H7N3O5S. The highest BCUT2D eigenvalue weighted by Gasteiger charge is 2.17. The molecule has 1 aromatic carbocycles. The Bertz CT molecular complexity index is 746. The predicted molar refractivity (Wildman–Crippen MR) is 62.1 cm³/mol. The number of carbonyl (C=O) groups excluding carboxylic acids is 1. The second kappa shape index (κ2) is 5.01. The summed E-state index contributed by atoms with van der Waals surface area (Å²) in [5, 5.41) is 7.38. The Kier molecular flexibility index (Phi) is 3.41. The molecule has 0 radical (unpaired) electrons. The van der Waals surface area contributed by atoms with E-state index < -0.39 is 10.3 Å². The SMILES string of the molecule is Cc1nnc(-c2ccccc2OS(=O)(=O)N=C=O)o1. The summed E-state index contributed by atoms with van der Waals surface area (Å²) in [5.74, 6) is 0.335. The van der Waals surface area contributed by atoms with Gasteiger partial charge in [-0.05, 0) is 16.5 Å². The maximum Gasteiger partial charge on any atom is 0.439 e. The average Bonchev–Trinajstić information content (AvgIpc) is 2.75. The van der Waals surface area contributed by atoms with Crippen LogP contribution in [-0.4, -0.2) is 24.7 Å². The summed E-state index contributed by atoms with van der Waals surface area (Å²) in [5.41, 5.74) is 0.271. The molecule has 0 unspecified atom stereocenters. The third kappa shape index (κ3) is 3.03. The van der Waals surface area contributed by atoms with E-state index in [0.717, 1.165) is 6.08 Å². The lowest BCUT2D eigenvalue weighted by molar-refractivity contribution is 0.484. The molecule has 0 aliphatic rings. The van der Waals surface area contributed by atoms with Crippen LogP contribution in [-0.2, 0) is 15.1 Å². The molecule has 0 saturated heterocycles. The normalized spacial score (nSPS) is 10.8. The summed E-state index contributed by atoms with van der Waals surface area (Å²) in [4.78, 5) is 9.98. The van der Waals surface area contributed by atoms with E-state index in [-0.39, 0.29) is 17.2 Å². The molecule has 0 aliphatic carbocycles. The quantitative estimate of drug-likeness (QED) is 0.607. The summed E-state index contributed by atoms with van der Waals surface area (Å²) in [6, 6.07) is 6.08. The van der Waals surface area contributed by atoms with Crippen molar-refractivity contribution < 1.29 is 21.8 Å². The van der Waals surface area contributed by atoms with Gasteiger partial charge in [-0.2, -0.15) is 8.42 Å². The molecule has 1 heterocycles. The van der Waals surface area contributed by atoms with Gasteiger partial charge in [0.05, 0.1) is 5.56 Å². The van der Waals surface area contributed by atoms with Crippen LogP contribution in [0.5, 0.6) is 5.75 Å². The number of hydrogen-bond acceptors (Lipinski definition) is 7. The minimum Gasteiger partial charge on any atom is -0.421 e. The Morgan fingerprint density at radius 2 is 2.05 bits per heavy atom. The maximum absolute atomic E-state index is 11.3. The number of benzene rings is 1. The van der Waals surface area contributed by atoms with Gasteiger partial charge in [0, 0.05) is 6.92 Å². The van der Waals surface area contributed by atoms with Crippen molar-refractivity contribution in [1.29, 1.82) is 0 Å². The highest BCUT2D eigenvalue weighted by molar-refractivity contribution is 7.85. The Hall–Kier alpha value is -2.51. The van der Waals surface area contributed by atoms with Gasteiger partial charge in [-0.1, -0.05) is 12.1 Å². The molecule has 9 heteroatoms. The van der Waals surface area contributed by atoms with Crippen LogP contribution >= 0.6 is 0 Å². The topological polar surface area (TPSA) is 112 Å². The summed E-state index contributed by atoms with van der Waals surface area (Å²) >= 11 is 0. The van der Waals surface area contributed by atoms with E-state index in [2.05, 4.69) is 18.8 Å². The molecule has 8 nitrogen and oxygen atoms in total. The smallest absolute Gasteiger partial charge is 0.421 e. The van der Waals surface area contributed by atoms with Crippen molar-refractivity contribution in [2.45, 2.75) is 6.92 Å². The summed E-state index contributed by atoms with van der Waals surface area (Å²) in [6.07, 6.45) is 0.902. The van der Waals surface area contributed by atoms with Gasteiger partial charge in [0.1, 0.15) is 0 Å². The second-order valence-corrected chi connectivity index (χ2v) is 4.52. The zero-order valence-electron chi connectivity index (χ0n) is 9.60. The summed E-state index contributed by atoms with van der Waals surface area (Å²) in [7, 11) is -4.40. The lowest BCUT2D eigenvalue weighted by Crippen LogP contribution is -2.06. The standard InChI is InChI=1S/C10H7N3O5S/c1-7-12-13-10(17-7)8-4-2-3-5-9(8)18-19(15,16)11-6-14/h2-5H,1H3. The van der Waals surface area contributed by atoms with Crippen LogP contribution in [0.2, 0.25) is 0 Å². The lowest BCUT2D eigenvalue weighted by atomic mass is 10.2. The van der Waals surface area contributed by atoms with Crippen LogP contribution in [0.15, 0.2) is 33.1 Å². The highest BCUT2D eigenvalue weighted by Crippen LogP contribution is 2.29. The van der Waals surface area contributed by atoms with Crippen LogP contribution in [0.1, 0.15) is 5.89 Å². The van der Waals surface area contributed by atoms with Crippen molar-refractivity contribution in [3.8, 4) is 17.2 Å². The molecule has 0 aliphatic heterocycles. The van der Waals surface area contributed by atoms with Crippen molar-refractivity contribution in [3.63, 3.8) is 0 Å². The van der Waals surface area contributed by atoms with Crippen LogP contribution in [0.4, 0.5) is 0 Å². The first-order valence-corrected chi connectivity index (χ1v) is 6.31. The van der Waals surface area contributed by atoms with Gasteiger partial charge in [-0.25, -0.2) is 4.79 Å². The fourth-order valence-corrected chi connectivity index (χ4v) is 1.80. The molecule has 0 bridgehead atoms. The van der Waals surface area contributed by atoms with Crippen molar-refractivity contribution in [3.05, 3.63) is 30.2 Å². The molecule has 19 heavy (non-hydrogen) atoms. The zero-order chi connectivity index (χ0) is 13.9. The molecule has 0 amide bonds. The van der Waals surface area contributed by atoms with Crippen molar-refractivity contribution >= 4 is 16.4 Å². The Morgan fingerprint density at radius 1 is 1.32 bits per heavy atom. The molecule has 0 atom stereocenters. The van der Waals surface area contributed by atoms with Crippen LogP contribution in [0.25, 0.3) is 11.5 Å². The van der Waals surface area contributed by atoms with Crippen LogP contribution in [0.3, 0.4) is 0 Å². The van der Waals surface area contributed by atoms with E-state index in [1.54, 1.807) is 19.1 Å². The van der Waals surface area contributed by atoms with Crippen LogP contribution in [0, 0.1) is 6.92 Å². The van der Waals surface area contributed by atoms with E-state index in [4.69, 9.17) is 4.42 Å². The van der Waals surface area contributed by atoms with Gasteiger partial charge in [0.15, 0.2) is 5.75 Å². The Balaban J connectivity index is 2.45. The highest BCUT2D eigenvalue weighted by atomic mass is 32.2. The first kappa shape index (κ1) is 12.9. The number of hydrogen-bond donors (Lipinski definition) is 0. The average molecular weight is 281 g/mol. The summed E-state index contributed by atoms with van der Waals surface area (Å²) in [6.45, 7) is 1.59. The molecular weight excluding hydrogens is 274 g/mol. The van der Waals surface area contributed by atoms with Gasteiger partial charge in [0.25, 0.3) is 12.0 Å². The third-order valence-corrected chi connectivity index (χ3v) is 2.68. The van der Waals surface area contributed by atoms with E-state index in [1.807, 2.05) is 0 Å². The number of rotatable bonds is 4. The zero-order valence-corrected chi connectivity index (χ0v) is 10.4. The van der Waals surface area contributed by atoms with Crippen molar-refractivity contribution in [1.82, 2.24) is 10.2 Å². The molecule has 98 valence electrons. The van der Waals surface area contributed by atoms with E-state index >= 15 is 0 Å². The molecule has 0 spiro atoms. The number of isocyanates is 1. The largest absolute Gasteiger partial charge is 0.439 e. The van der Waals surface area contributed by atoms with E-state index in [0.29, 0.717) is 5.89 Å². The minimum absolute atomic E-state index is 0.0786. The summed E-state index contributed by atoms with van der Waals surface area (Å²) < 4.78 is 34.9. The molecule has 0 saturated carbocycles. The van der Waals surface area contributed by atoms with Gasteiger partial charge in [-0.15, -0.1) is 10.2 Å². The Morgan fingerprint density at radius 3 is 2.68 bits per heavy atom. The van der Waals surface area contributed by atoms with Crippen molar-refractivity contribution in [2.24, 2.45) is 4.40 Å². The Labute approximate surface area is 108 Å². The maximum atomic E-state index is 11.3. The van der Waals surface area contributed by atoms with Crippen LogP contribution < -0.4 is 4.18 Å². The first-order chi connectivity index (χ1) is 9.02. The second-order valence-electron chi connectivity index (χ2n) is 3.32. The van der Waals surface area contributed by atoms with E-state index in [9.17, 15) is 13.2 Å². The van der Waals surface area contributed by atoms with Gasteiger partial charge in [-0.3, -0.25) is 0 Å². The number of aromatic nitrogens is 2. The molecule has 0 fully saturated rings. The minimum atomic E-state index is -4.40. The number of para-hydroxylation sites is 1. The number of nitrogens with zero attached hydrogens (tertiary/aromatic N) is 3. The van der Waals surface area contributed by atoms with Gasteiger partial charge < -0.3 is 8.60 Å². The molecule has 0 N–H and O–H groups in total. The van der Waals surface area contributed by atoms with Gasteiger partial charge >= 0.3 is 10.3 Å². The lowest BCUT2D eigenvalue weighted by Gasteiger charge is -2.04. The molecule has 2 rings (SSSR count). The van der Waals surface area contributed by atoms with Crippen molar-refractivity contribution in [2.75, 3.05) is 0 Å². The third-order valence-electron chi connectivity index (χ3n) is 1.99.